The van der Waals surface area contributed by atoms with Crippen LogP contribution in [0.25, 0.3) is 0 Å². The second-order valence-corrected chi connectivity index (χ2v) is 6.28. The molecule has 0 aliphatic carbocycles. The second-order valence-electron chi connectivity index (χ2n) is 6.28. The van der Waals surface area contributed by atoms with Crippen molar-refractivity contribution in [3.63, 3.8) is 0 Å². The lowest BCUT2D eigenvalue weighted by Gasteiger charge is -2.32. The van der Waals surface area contributed by atoms with Crippen LogP contribution in [0.5, 0.6) is 5.75 Å². The van der Waals surface area contributed by atoms with Crippen LogP contribution in [0.2, 0.25) is 0 Å². The number of hydrogen-bond donors (Lipinski definition) is 1. The molecule has 0 unspecified atom stereocenters. The van der Waals surface area contributed by atoms with Crippen LogP contribution >= 0.6 is 0 Å². The van der Waals surface area contributed by atoms with Gasteiger partial charge in [0.15, 0.2) is 0 Å². The Kier molecular flexibility index (Phi) is 8.05. The summed E-state index contributed by atoms with van der Waals surface area (Å²) in [6.45, 7) is 5.72. The third-order valence-electron chi connectivity index (χ3n) is 4.31. The van der Waals surface area contributed by atoms with E-state index in [1.807, 2.05) is 24.3 Å². The fourth-order valence-corrected chi connectivity index (χ4v) is 2.86. The molecule has 1 aromatic rings. The molecule has 1 N–H and O–H groups in total. The molecule has 1 saturated heterocycles. The molecule has 1 aliphatic rings. The van der Waals surface area contributed by atoms with E-state index < -0.39 is 5.97 Å². The Morgan fingerprint density at radius 2 is 2.08 bits per heavy atom. The number of aliphatic carboxylic acids is 1. The van der Waals surface area contributed by atoms with E-state index in [0.29, 0.717) is 13.2 Å². The number of carbonyl (C=O) groups is 1. The van der Waals surface area contributed by atoms with Gasteiger partial charge in [-0.1, -0.05) is 38.3 Å². The van der Waals surface area contributed by atoms with E-state index in [9.17, 15) is 4.79 Å². The summed E-state index contributed by atoms with van der Waals surface area (Å²) in [4.78, 5) is 12.9. The van der Waals surface area contributed by atoms with E-state index in [-0.39, 0.29) is 12.5 Å². The predicted molar refractivity (Wildman–Crippen MR) is 93.5 cm³/mol. The summed E-state index contributed by atoms with van der Waals surface area (Å²) in [6, 6.07) is 8.09. The zero-order valence-corrected chi connectivity index (χ0v) is 14.6. The van der Waals surface area contributed by atoms with E-state index in [4.69, 9.17) is 14.6 Å². The Bertz CT molecular complexity index is 489. The van der Waals surface area contributed by atoms with Crippen LogP contribution in [0, 0.1) is 0 Å². The largest absolute Gasteiger partial charge is 0.494 e. The molecule has 0 spiro atoms. The van der Waals surface area contributed by atoms with Crippen LogP contribution in [0.4, 0.5) is 0 Å². The Morgan fingerprint density at radius 1 is 1.29 bits per heavy atom. The number of morpholine rings is 1. The van der Waals surface area contributed by atoms with E-state index in [1.54, 1.807) is 0 Å². The first-order valence-corrected chi connectivity index (χ1v) is 8.97. The van der Waals surface area contributed by atoms with E-state index in [1.165, 1.54) is 19.3 Å². The van der Waals surface area contributed by atoms with Crippen molar-refractivity contribution in [3.05, 3.63) is 29.8 Å². The molecule has 5 heteroatoms. The van der Waals surface area contributed by atoms with E-state index in [2.05, 4.69) is 11.8 Å². The van der Waals surface area contributed by atoms with Crippen LogP contribution in [0.15, 0.2) is 24.3 Å². The quantitative estimate of drug-likeness (QED) is 0.663. The topological polar surface area (TPSA) is 59.0 Å². The number of carboxylic acids is 1. The number of rotatable bonds is 10. The summed E-state index contributed by atoms with van der Waals surface area (Å²) in [6.07, 6.45) is 5.00. The smallest absolute Gasteiger partial charge is 0.304 e. The first-order chi connectivity index (χ1) is 11.7. The molecule has 1 atom stereocenters. The highest BCUT2D eigenvalue weighted by atomic mass is 16.5. The molecule has 0 radical (unpaired) electrons. The summed E-state index contributed by atoms with van der Waals surface area (Å²) in [5, 5.41) is 8.80. The molecule has 0 amide bonds. The Hall–Kier alpha value is -1.59. The lowest BCUT2D eigenvalue weighted by Crippen LogP contribution is -2.39. The number of benzene rings is 1. The SMILES string of the molecule is CCCCCCOc1ccc([C@@H]2CN(CCC(=O)O)CCO2)cc1. The fourth-order valence-electron chi connectivity index (χ4n) is 2.86. The number of nitrogens with zero attached hydrogens (tertiary/aromatic N) is 1. The van der Waals surface area contributed by atoms with Crippen LogP contribution in [0.1, 0.15) is 50.7 Å². The molecule has 5 nitrogen and oxygen atoms in total. The molecule has 134 valence electrons. The van der Waals surface area contributed by atoms with Crippen molar-refractivity contribution in [1.82, 2.24) is 4.90 Å². The minimum Gasteiger partial charge on any atom is -0.494 e. The first kappa shape index (κ1) is 18.7. The summed E-state index contributed by atoms with van der Waals surface area (Å²) >= 11 is 0. The average Bonchev–Trinajstić information content (AvgIpc) is 2.60. The summed E-state index contributed by atoms with van der Waals surface area (Å²) < 4.78 is 11.6. The minimum absolute atomic E-state index is 0.00569. The van der Waals surface area contributed by atoms with Gasteiger partial charge in [0.1, 0.15) is 5.75 Å². The number of hydrogen-bond acceptors (Lipinski definition) is 4. The normalized spacial score (nSPS) is 18.5. The molecule has 1 aromatic carbocycles. The van der Waals surface area contributed by atoms with E-state index in [0.717, 1.165) is 37.4 Å². The van der Waals surface area contributed by atoms with Crippen molar-refractivity contribution in [2.75, 3.05) is 32.8 Å². The fraction of sp³-hybridized carbons (Fsp3) is 0.632. The second kappa shape index (κ2) is 10.3. The average molecular weight is 335 g/mol. The van der Waals surface area contributed by atoms with Gasteiger partial charge in [0, 0.05) is 19.6 Å². The zero-order chi connectivity index (χ0) is 17.2. The third-order valence-corrected chi connectivity index (χ3v) is 4.31. The van der Waals surface area contributed by atoms with Crippen molar-refractivity contribution in [2.45, 2.75) is 45.1 Å². The molecule has 0 aromatic heterocycles. The van der Waals surface area contributed by atoms with Crippen LogP contribution in [-0.4, -0.2) is 48.8 Å². The highest BCUT2D eigenvalue weighted by Gasteiger charge is 2.22. The van der Waals surface area contributed by atoms with Crippen molar-refractivity contribution >= 4 is 5.97 Å². The summed E-state index contributed by atoms with van der Waals surface area (Å²) in [7, 11) is 0. The number of carboxylic acid groups (broad SMARTS) is 1. The van der Waals surface area contributed by atoms with Crippen LogP contribution in [0.3, 0.4) is 0 Å². The monoisotopic (exact) mass is 335 g/mol. The molecule has 1 heterocycles. The van der Waals surface area contributed by atoms with Gasteiger partial charge in [-0.05, 0) is 24.1 Å². The van der Waals surface area contributed by atoms with Gasteiger partial charge in [-0.15, -0.1) is 0 Å². The van der Waals surface area contributed by atoms with Crippen molar-refractivity contribution < 1.29 is 19.4 Å². The lowest BCUT2D eigenvalue weighted by atomic mass is 10.1. The molecule has 0 saturated carbocycles. The number of unbranched alkanes of at least 4 members (excludes halogenated alkanes) is 3. The Labute approximate surface area is 144 Å². The summed E-state index contributed by atoms with van der Waals surface area (Å²) in [5.41, 5.74) is 1.12. The van der Waals surface area contributed by atoms with Gasteiger partial charge in [0.25, 0.3) is 0 Å². The minimum atomic E-state index is -0.751. The Morgan fingerprint density at radius 3 is 2.79 bits per heavy atom. The van der Waals surface area contributed by atoms with Gasteiger partial charge >= 0.3 is 5.97 Å². The third kappa shape index (κ3) is 6.49. The molecule has 0 bridgehead atoms. The maximum Gasteiger partial charge on any atom is 0.304 e. The Balaban J connectivity index is 1.78. The van der Waals surface area contributed by atoms with Gasteiger partial charge in [0.05, 0.1) is 25.7 Å². The molecule has 24 heavy (non-hydrogen) atoms. The highest BCUT2D eigenvalue weighted by Crippen LogP contribution is 2.24. The highest BCUT2D eigenvalue weighted by molar-refractivity contribution is 5.66. The molecular formula is C19H29NO4. The van der Waals surface area contributed by atoms with Gasteiger partial charge in [-0.2, -0.15) is 0 Å². The van der Waals surface area contributed by atoms with Crippen molar-refractivity contribution in [2.24, 2.45) is 0 Å². The molecule has 2 rings (SSSR count). The molecular weight excluding hydrogens is 306 g/mol. The molecule has 1 aliphatic heterocycles. The van der Waals surface area contributed by atoms with Crippen LogP contribution < -0.4 is 4.74 Å². The van der Waals surface area contributed by atoms with Gasteiger partial charge in [-0.3, -0.25) is 9.69 Å². The van der Waals surface area contributed by atoms with Crippen LogP contribution in [-0.2, 0) is 9.53 Å². The number of ether oxygens (including phenoxy) is 2. The van der Waals surface area contributed by atoms with Gasteiger partial charge < -0.3 is 14.6 Å². The maximum absolute atomic E-state index is 10.7. The van der Waals surface area contributed by atoms with Gasteiger partial charge in [0.2, 0.25) is 0 Å². The zero-order valence-electron chi connectivity index (χ0n) is 14.6. The molecule has 1 fully saturated rings. The van der Waals surface area contributed by atoms with E-state index >= 15 is 0 Å². The summed E-state index contributed by atoms with van der Waals surface area (Å²) in [5.74, 6) is 0.146. The lowest BCUT2D eigenvalue weighted by molar-refractivity contribution is -0.137. The predicted octanol–water partition coefficient (Wildman–Crippen LogP) is 3.49. The maximum atomic E-state index is 10.7. The first-order valence-electron chi connectivity index (χ1n) is 8.97. The van der Waals surface area contributed by atoms with Gasteiger partial charge in [-0.25, -0.2) is 0 Å². The van der Waals surface area contributed by atoms with Crippen molar-refractivity contribution in [3.8, 4) is 5.75 Å². The van der Waals surface area contributed by atoms with Crippen molar-refractivity contribution in [1.29, 1.82) is 0 Å². The standard InChI is InChI=1S/C19H29NO4/c1-2-3-4-5-13-23-17-8-6-16(7-9-17)18-15-20(12-14-24-18)11-10-19(21)22/h6-9,18H,2-5,10-15H2,1H3,(H,21,22)/t18-/m0/s1.